The summed E-state index contributed by atoms with van der Waals surface area (Å²) in [6.07, 6.45) is 0. The maximum absolute atomic E-state index is 13.7. The summed E-state index contributed by atoms with van der Waals surface area (Å²) in [6.45, 7) is 3.88. The third kappa shape index (κ3) is 3.60. The molecule has 1 aliphatic rings. The van der Waals surface area contributed by atoms with Crippen LogP contribution in [0.4, 0.5) is 9.52 Å². The number of benzene rings is 3. The fourth-order valence-electron chi connectivity index (χ4n) is 3.98. The minimum atomic E-state index is -0.937. The molecular formula is C26H19FN2O3S. The highest BCUT2D eigenvalue weighted by Crippen LogP contribution is 2.44. The molecular weight excluding hydrogens is 439 g/mol. The lowest BCUT2D eigenvalue weighted by Gasteiger charge is -2.23. The summed E-state index contributed by atoms with van der Waals surface area (Å²) in [6, 6.07) is 17.4. The SMILES string of the molecule is Cc1ccc(C(O)=C2C(=O)C(=O)N(c3nc4ccc(C)cc4s3)[C@@H]2c2ccc(F)cc2)cc1. The molecule has 4 aromatic rings. The summed E-state index contributed by atoms with van der Waals surface area (Å²) in [5.41, 5.74) is 3.62. The maximum Gasteiger partial charge on any atom is 0.301 e. The first-order valence-electron chi connectivity index (χ1n) is 10.3. The maximum atomic E-state index is 13.7. The van der Waals surface area contributed by atoms with Crippen molar-refractivity contribution < 1.29 is 19.1 Å². The van der Waals surface area contributed by atoms with Crippen LogP contribution in [0.3, 0.4) is 0 Å². The molecule has 2 heterocycles. The second-order valence-electron chi connectivity index (χ2n) is 8.05. The quantitative estimate of drug-likeness (QED) is 0.244. The first kappa shape index (κ1) is 21.0. The Hall–Kier alpha value is -3.84. The number of halogens is 1. The Morgan fingerprint density at radius 2 is 1.64 bits per heavy atom. The molecule has 164 valence electrons. The van der Waals surface area contributed by atoms with Crippen LogP contribution >= 0.6 is 11.3 Å². The number of carbonyl (C=O) groups excluding carboxylic acids is 2. The van der Waals surface area contributed by atoms with Gasteiger partial charge < -0.3 is 5.11 Å². The van der Waals surface area contributed by atoms with Crippen LogP contribution in [0.25, 0.3) is 16.0 Å². The number of amides is 1. The number of hydrogen-bond acceptors (Lipinski definition) is 5. The zero-order chi connectivity index (χ0) is 23.3. The second-order valence-corrected chi connectivity index (χ2v) is 9.06. The van der Waals surface area contributed by atoms with Gasteiger partial charge in [0.15, 0.2) is 5.13 Å². The summed E-state index contributed by atoms with van der Waals surface area (Å²) >= 11 is 1.29. The average Bonchev–Trinajstić information content (AvgIpc) is 3.32. The third-order valence-electron chi connectivity index (χ3n) is 5.69. The lowest BCUT2D eigenvalue weighted by molar-refractivity contribution is -0.132. The number of aliphatic hydroxyl groups excluding tert-OH is 1. The van der Waals surface area contributed by atoms with Gasteiger partial charge in [-0.3, -0.25) is 14.5 Å². The number of aromatic nitrogens is 1. The number of carbonyl (C=O) groups is 2. The fourth-order valence-corrected chi connectivity index (χ4v) is 5.07. The molecule has 0 saturated carbocycles. The van der Waals surface area contributed by atoms with Gasteiger partial charge >= 0.3 is 5.91 Å². The highest BCUT2D eigenvalue weighted by Gasteiger charge is 2.48. The lowest BCUT2D eigenvalue weighted by Crippen LogP contribution is -2.29. The Kier molecular flexibility index (Phi) is 5.06. The van der Waals surface area contributed by atoms with Crippen molar-refractivity contribution in [2.75, 3.05) is 4.90 Å². The predicted octanol–water partition coefficient (Wildman–Crippen LogP) is 5.68. The molecule has 1 saturated heterocycles. The van der Waals surface area contributed by atoms with Crippen molar-refractivity contribution in [2.45, 2.75) is 19.9 Å². The number of rotatable bonds is 3. The number of ketones is 1. The summed E-state index contributed by atoms with van der Waals surface area (Å²) in [7, 11) is 0. The topological polar surface area (TPSA) is 70.5 Å². The van der Waals surface area contributed by atoms with Crippen molar-refractivity contribution >= 4 is 44.1 Å². The first-order chi connectivity index (χ1) is 15.8. The molecule has 0 spiro atoms. The molecule has 1 N–H and O–H groups in total. The van der Waals surface area contributed by atoms with E-state index < -0.39 is 23.5 Å². The number of thiazole rings is 1. The van der Waals surface area contributed by atoms with E-state index in [2.05, 4.69) is 4.98 Å². The molecule has 1 atom stereocenters. The monoisotopic (exact) mass is 458 g/mol. The molecule has 0 bridgehead atoms. The molecule has 5 nitrogen and oxygen atoms in total. The molecule has 1 fully saturated rings. The van der Waals surface area contributed by atoms with E-state index in [0.717, 1.165) is 15.8 Å². The van der Waals surface area contributed by atoms with Gasteiger partial charge in [-0.2, -0.15) is 0 Å². The van der Waals surface area contributed by atoms with E-state index in [0.29, 0.717) is 21.8 Å². The molecule has 1 aromatic heterocycles. The van der Waals surface area contributed by atoms with E-state index in [1.54, 1.807) is 12.1 Å². The van der Waals surface area contributed by atoms with E-state index in [4.69, 9.17) is 0 Å². The number of anilines is 1. The molecule has 0 unspecified atom stereocenters. The van der Waals surface area contributed by atoms with Crippen molar-refractivity contribution in [2.24, 2.45) is 0 Å². The van der Waals surface area contributed by atoms with Crippen LogP contribution in [0.2, 0.25) is 0 Å². The van der Waals surface area contributed by atoms with Gasteiger partial charge in [-0.25, -0.2) is 9.37 Å². The molecule has 1 amide bonds. The molecule has 0 radical (unpaired) electrons. The van der Waals surface area contributed by atoms with Gasteiger partial charge in [0.25, 0.3) is 5.78 Å². The number of nitrogens with zero attached hydrogens (tertiary/aromatic N) is 2. The number of hydrogen-bond donors (Lipinski definition) is 1. The van der Waals surface area contributed by atoms with Gasteiger partial charge in [0.2, 0.25) is 0 Å². The summed E-state index contributed by atoms with van der Waals surface area (Å²) < 4.78 is 14.5. The standard InChI is InChI=1S/C26H19FN2O3S/c1-14-3-6-17(7-4-14)23(30)21-22(16-8-10-18(27)11-9-16)29(25(32)24(21)31)26-28-19-12-5-15(2)13-20(19)33-26/h3-13,22,30H,1-2H3/t22-/m1/s1. The molecule has 33 heavy (non-hydrogen) atoms. The molecule has 0 aliphatic carbocycles. The molecule has 7 heteroatoms. The molecule has 5 rings (SSSR count). The van der Waals surface area contributed by atoms with Gasteiger partial charge in [-0.15, -0.1) is 0 Å². The Morgan fingerprint density at radius 1 is 0.970 bits per heavy atom. The van der Waals surface area contributed by atoms with Crippen molar-refractivity contribution in [3.05, 3.63) is 100 Å². The predicted molar refractivity (Wildman–Crippen MR) is 127 cm³/mol. The normalized spacial score (nSPS) is 17.8. The van der Waals surface area contributed by atoms with Crippen LogP contribution in [0.15, 0.2) is 72.3 Å². The number of Topliss-reactive ketones (excluding diaryl/α,β-unsaturated/α-hetero) is 1. The number of aliphatic hydroxyl groups is 1. The lowest BCUT2D eigenvalue weighted by atomic mass is 9.95. The van der Waals surface area contributed by atoms with Crippen LogP contribution in [-0.4, -0.2) is 21.8 Å². The second kappa shape index (κ2) is 7.94. The van der Waals surface area contributed by atoms with E-state index in [1.807, 2.05) is 44.2 Å². The van der Waals surface area contributed by atoms with Crippen LogP contribution in [0.1, 0.15) is 28.3 Å². The summed E-state index contributed by atoms with van der Waals surface area (Å²) in [5.74, 6) is -2.31. The Bertz CT molecular complexity index is 1440. The van der Waals surface area contributed by atoms with E-state index in [9.17, 15) is 19.1 Å². The zero-order valence-electron chi connectivity index (χ0n) is 17.9. The summed E-state index contributed by atoms with van der Waals surface area (Å²) in [5, 5.41) is 11.5. The van der Waals surface area contributed by atoms with Crippen molar-refractivity contribution in [3.8, 4) is 0 Å². The van der Waals surface area contributed by atoms with Crippen LogP contribution < -0.4 is 4.90 Å². The Balaban J connectivity index is 1.73. The highest BCUT2D eigenvalue weighted by atomic mass is 32.1. The van der Waals surface area contributed by atoms with Gasteiger partial charge in [0, 0.05) is 5.56 Å². The number of aryl methyl sites for hydroxylation is 2. The van der Waals surface area contributed by atoms with E-state index in [1.165, 1.54) is 40.5 Å². The van der Waals surface area contributed by atoms with E-state index >= 15 is 0 Å². The molecule has 3 aromatic carbocycles. The highest BCUT2D eigenvalue weighted by molar-refractivity contribution is 7.22. The Morgan fingerprint density at radius 3 is 2.33 bits per heavy atom. The van der Waals surface area contributed by atoms with Crippen molar-refractivity contribution in [1.82, 2.24) is 4.98 Å². The van der Waals surface area contributed by atoms with Crippen LogP contribution in [0.5, 0.6) is 0 Å². The zero-order valence-corrected chi connectivity index (χ0v) is 18.7. The van der Waals surface area contributed by atoms with E-state index in [-0.39, 0.29) is 11.3 Å². The van der Waals surface area contributed by atoms with Gasteiger partial charge in [-0.05, 0) is 49.2 Å². The first-order valence-corrected chi connectivity index (χ1v) is 11.2. The van der Waals surface area contributed by atoms with Gasteiger partial charge in [0.05, 0.1) is 21.8 Å². The fraction of sp³-hybridized carbons (Fsp3) is 0.115. The van der Waals surface area contributed by atoms with Gasteiger partial charge in [0.1, 0.15) is 11.6 Å². The Labute approximate surface area is 193 Å². The average molecular weight is 459 g/mol. The van der Waals surface area contributed by atoms with Gasteiger partial charge in [-0.1, -0.05) is 59.4 Å². The van der Waals surface area contributed by atoms with Crippen LogP contribution in [0, 0.1) is 19.7 Å². The third-order valence-corrected chi connectivity index (χ3v) is 6.71. The summed E-state index contributed by atoms with van der Waals surface area (Å²) in [4.78, 5) is 32.3. The minimum absolute atomic E-state index is 0.0501. The van der Waals surface area contributed by atoms with Crippen molar-refractivity contribution in [1.29, 1.82) is 0 Å². The largest absolute Gasteiger partial charge is 0.507 e. The van der Waals surface area contributed by atoms with Crippen LogP contribution in [-0.2, 0) is 9.59 Å². The minimum Gasteiger partial charge on any atom is -0.507 e. The number of fused-ring (bicyclic) bond motifs is 1. The van der Waals surface area contributed by atoms with Crippen molar-refractivity contribution in [3.63, 3.8) is 0 Å². The molecule has 1 aliphatic heterocycles. The smallest absolute Gasteiger partial charge is 0.301 e.